The Labute approximate surface area is 88.9 Å². The zero-order valence-corrected chi connectivity index (χ0v) is 9.30. The van der Waals surface area contributed by atoms with Crippen LogP contribution in [0.5, 0.6) is 0 Å². The van der Waals surface area contributed by atoms with Gasteiger partial charge >= 0.3 is 0 Å². The van der Waals surface area contributed by atoms with Crippen LogP contribution in [0.4, 0.5) is 0 Å². The highest BCUT2D eigenvalue weighted by atomic mass is 32.2. The van der Waals surface area contributed by atoms with Gasteiger partial charge in [0, 0.05) is 10.8 Å². The van der Waals surface area contributed by atoms with E-state index in [9.17, 15) is 4.79 Å². The minimum absolute atomic E-state index is 0.249. The molecule has 1 aliphatic carbocycles. The van der Waals surface area contributed by atoms with Crippen molar-refractivity contribution in [2.45, 2.75) is 25.2 Å². The molecule has 0 saturated heterocycles. The Morgan fingerprint density at radius 2 is 1.93 bits per heavy atom. The summed E-state index contributed by atoms with van der Waals surface area (Å²) in [6, 6.07) is 9.87. The maximum absolute atomic E-state index is 11.8. The predicted molar refractivity (Wildman–Crippen MR) is 59.2 cm³/mol. The smallest absolute Gasteiger partial charge is 0.197 e. The molecule has 0 spiro atoms. The summed E-state index contributed by atoms with van der Waals surface area (Å²) in [5, 5.41) is 0.321. The van der Waals surface area contributed by atoms with Crippen molar-refractivity contribution in [2.24, 2.45) is 11.3 Å². The minimum Gasteiger partial charge on any atom is -0.287 e. The van der Waals surface area contributed by atoms with Gasteiger partial charge in [-0.1, -0.05) is 43.8 Å². The van der Waals surface area contributed by atoms with Crippen LogP contribution in [0.1, 0.15) is 20.3 Å². The molecule has 1 fully saturated rings. The van der Waals surface area contributed by atoms with Gasteiger partial charge < -0.3 is 0 Å². The van der Waals surface area contributed by atoms with E-state index in [0.717, 1.165) is 11.3 Å². The SMILES string of the molecule is CC1(C)CC1C(=O)Sc1ccccc1. The third kappa shape index (κ3) is 2.01. The highest BCUT2D eigenvalue weighted by Crippen LogP contribution is 2.54. The summed E-state index contributed by atoms with van der Waals surface area (Å²) in [6.45, 7) is 4.31. The number of hydrogen-bond acceptors (Lipinski definition) is 2. The molecule has 0 aromatic heterocycles. The van der Waals surface area contributed by atoms with Gasteiger partial charge in [-0.15, -0.1) is 0 Å². The second-order valence-corrected chi connectivity index (χ2v) is 5.56. The summed E-state index contributed by atoms with van der Waals surface area (Å²) in [6.07, 6.45) is 1.05. The van der Waals surface area contributed by atoms with E-state index in [1.54, 1.807) is 0 Å². The fourth-order valence-corrected chi connectivity index (χ4v) is 2.62. The Kier molecular flexibility index (Phi) is 2.40. The van der Waals surface area contributed by atoms with Crippen molar-refractivity contribution in [3.8, 4) is 0 Å². The van der Waals surface area contributed by atoms with Crippen LogP contribution in [-0.4, -0.2) is 5.12 Å². The molecule has 0 heterocycles. The lowest BCUT2D eigenvalue weighted by Crippen LogP contribution is -2.00. The summed E-state index contributed by atoms with van der Waals surface area (Å²) in [4.78, 5) is 12.8. The van der Waals surface area contributed by atoms with Crippen molar-refractivity contribution in [1.29, 1.82) is 0 Å². The molecule has 14 heavy (non-hydrogen) atoms. The monoisotopic (exact) mass is 206 g/mol. The normalized spacial score (nSPS) is 23.1. The number of hydrogen-bond donors (Lipinski definition) is 0. The molecule has 0 bridgehead atoms. The number of rotatable bonds is 2. The number of carbonyl (C=O) groups excluding carboxylic acids is 1. The molecule has 1 saturated carbocycles. The van der Waals surface area contributed by atoms with Crippen LogP contribution in [0.2, 0.25) is 0 Å². The van der Waals surface area contributed by atoms with Gasteiger partial charge in [-0.05, 0) is 24.0 Å². The van der Waals surface area contributed by atoms with Crippen LogP contribution >= 0.6 is 11.8 Å². The molecule has 2 rings (SSSR count). The molecule has 0 N–H and O–H groups in total. The lowest BCUT2D eigenvalue weighted by molar-refractivity contribution is -0.112. The zero-order valence-electron chi connectivity index (χ0n) is 8.49. The molecule has 1 aliphatic rings. The standard InChI is InChI=1S/C12H14OS/c1-12(2)8-10(12)11(13)14-9-6-4-3-5-7-9/h3-7,10H,8H2,1-2H3. The fourth-order valence-electron chi connectivity index (χ4n) is 1.55. The van der Waals surface area contributed by atoms with E-state index in [2.05, 4.69) is 13.8 Å². The number of thioether (sulfide) groups is 1. The van der Waals surface area contributed by atoms with Gasteiger partial charge in [0.05, 0.1) is 0 Å². The Morgan fingerprint density at radius 3 is 2.43 bits per heavy atom. The molecule has 1 unspecified atom stereocenters. The highest BCUT2D eigenvalue weighted by molar-refractivity contribution is 8.13. The molecule has 0 aliphatic heterocycles. The third-order valence-electron chi connectivity index (χ3n) is 2.76. The quantitative estimate of drug-likeness (QED) is 0.690. The van der Waals surface area contributed by atoms with Crippen LogP contribution in [0.15, 0.2) is 35.2 Å². The Balaban J connectivity index is 1.97. The summed E-state index contributed by atoms with van der Waals surface area (Å²) >= 11 is 1.38. The van der Waals surface area contributed by atoms with E-state index in [1.807, 2.05) is 30.3 Å². The van der Waals surface area contributed by atoms with Crippen LogP contribution < -0.4 is 0 Å². The molecular weight excluding hydrogens is 192 g/mol. The number of benzene rings is 1. The highest BCUT2D eigenvalue weighted by Gasteiger charge is 2.50. The van der Waals surface area contributed by atoms with Gasteiger partial charge in [-0.25, -0.2) is 0 Å². The van der Waals surface area contributed by atoms with Crippen molar-refractivity contribution in [3.63, 3.8) is 0 Å². The molecule has 0 amide bonds. The summed E-state index contributed by atoms with van der Waals surface area (Å²) < 4.78 is 0. The van der Waals surface area contributed by atoms with Gasteiger partial charge in [0.1, 0.15) is 0 Å². The van der Waals surface area contributed by atoms with E-state index >= 15 is 0 Å². The summed E-state index contributed by atoms with van der Waals surface area (Å²) in [5.74, 6) is 0.271. The second kappa shape index (κ2) is 3.43. The molecule has 1 nitrogen and oxygen atoms in total. The van der Waals surface area contributed by atoms with E-state index in [-0.39, 0.29) is 11.3 Å². The minimum atomic E-state index is 0.249. The molecule has 1 aromatic rings. The van der Waals surface area contributed by atoms with E-state index < -0.39 is 0 Å². The third-order valence-corrected chi connectivity index (χ3v) is 3.75. The predicted octanol–water partition coefficient (Wildman–Crippen LogP) is 3.35. The van der Waals surface area contributed by atoms with Gasteiger partial charge in [0.2, 0.25) is 0 Å². The van der Waals surface area contributed by atoms with Crippen molar-refractivity contribution in [3.05, 3.63) is 30.3 Å². The van der Waals surface area contributed by atoms with Crippen LogP contribution in [0, 0.1) is 11.3 Å². The fraction of sp³-hybridized carbons (Fsp3) is 0.417. The van der Waals surface area contributed by atoms with Gasteiger partial charge in [-0.3, -0.25) is 4.79 Å². The lowest BCUT2D eigenvalue weighted by atomic mass is 10.1. The van der Waals surface area contributed by atoms with Crippen molar-refractivity contribution < 1.29 is 4.79 Å². The average molecular weight is 206 g/mol. The number of carbonyl (C=O) groups is 1. The van der Waals surface area contributed by atoms with Gasteiger partial charge in [0.15, 0.2) is 5.12 Å². The van der Waals surface area contributed by atoms with Crippen LogP contribution in [0.25, 0.3) is 0 Å². The average Bonchev–Trinajstić information content (AvgIpc) is 2.77. The molecular formula is C12H14OS. The van der Waals surface area contributed by atoms with Crippen molar-refractivity contribution in [2.75, 3.05) is 0 Å². The van der Waals surface area contributed by atoms with E-state index in [0.29, 0.717) is 5.12 Å². The second-order valence-electron chi connectivity index (χ2n) is 4.48. The molecule has 2 heteroatoms. The summed E-state index contributed by atoms with van der Waals surface area (Å²) in [5.41, 5.74) is 0.249. The zero-order chi connectivity index (χ0) is 10.2. The van der Waals surface area contributed by atoms with Gasteiger partial charge in [-0.2, -0.15) is 0 Å². The van der Waals surface area contributed by atoms with E-state index in [1.165, 1.54) is 11.8 Å². The topological polar surface area (TPSA) is 17.1 Å². The van der Waals surface area contributed by atoms with Gasteiger partial charge in [0.25, 0.3) is 0 Å². The van der Waals surface area contributed by atoms with Crippen LogP contribution in [-0.2, 0) is 4.79 Å². The molecule has 1 atom stereocenters. The Morgan fingerprint density at radius 1 is 1.36 bits per heavy atom. The van der Waals surface area contributed by atoms with Crippen molar-refractivity contribution >= 4 is 16.9 Å². The Bertz CT molecular complexity index is 343. The largest absolute Gasteiger partial charge is 0.287 e. The summed E-state index contributed by atoms with van der Waals surface area (Å²) in [7, 11) is 0. The molecule has 1 aromatic carbocycles. The first kappa shape index (κ1) is 9.78. The Hall–Kier alpha value is -0.760. The maximum atomic E-state index is 11.8. The van der Waals surface area contributed by atoms with E-state index in [4.69, 9.17) is 0 Å². The first-order valence-electron chi connectivity index (χ1n) is 4.86. The van der Waals surface area contributed by atoms with Crippen LogP contribution in [0.3, 0.4) is 0 Å². The maximum Gasteiger partial charge on any atom is 0.197 e. The first-order valence-corrected chi connectivity index (χ1v) is 5.68. The first-order chi connectivity index (χ1) is 6.59. The molecule has 74 valence electrons. The van der Waals surface area contributed by atoms with Crippen molar-refractivity contribution in [1.82, 2.24) is 0 Å². The molecule has 0 radical (unpaired) electrons. The lowest BCUT2D eigenvalue weighted by Gasteiger charge is -2.01.